The number of hydrogen-bond donors (Lipinski definition) is 3. The molecule has 16 heteroatoms. The summed E-state index contributed by atoms with van der Waals surface area (Å²) in [6.45, 7) is 6.88. The van der Waals surface area contributed by atoms with Crippen molar-refractivity contribution in [2.75, 3.05) is 32.1 Å². The number of nitrogens with zero attached hydrogens (tertiary/aromatic N) is 4. The zero-order valence-electron chi connectivity index (χ0n) is 35.2. The zero-order chi connectivity index (χ0) is 42.9. The molecule has 14 nitrogen and oxygen atoms in total. The molecule has 2 saturated heterocycles. The van der Waals surface area contributed by atoms with Gasteiger partial charge in [0.25, 0.3) is 5.91 Å². The normalized spacial score (nSPS) is 25.0. The van der Waals surface area contributed by atoms with Gasteiger partial charge in [-0.25, -0.2) is 14.7 Å². The van der Waals surface area contributed by atoms with Crippen molar-refractivity contribution >= 4 is 55.9 Å². The molecular formula is C45H55N7O7S2. The number of pyridine rings is 1. The van der Waals surface area contributed by atoms with Crippen molar-refractivity contribution in [2.45, 2.75) is 108 Å². The quantitative estimate of drug-likeness (QED) is 0.150. The summed E-state index contributed by atoms with van der Waals surface area (Å²) < 4.78 is 42.8. The first-order chi connectivity index (χ1) is 29.4. The van der Waals surface area contributed by atoms with Crippen molar-refractivity contribution in [1.29, 1.82) is 0 Å². The molecule has 0 spiro atoms. The smallest absolute Gasteiger partial charge is 0.303 e. The number of aryl methyl sites for hydroxylation is 1. The van der Waals surface area contributed by atoms with Gasteiger partial charge in [-0.1, -0.05) is 57.0 Å². The number of carbonyl (C=O) groups excluding carboxylic acids is 3. The molecule has 324 valence electrons. The standard InChI is InChI=1S/C45H55N7O7S2/c1-28(2)36-27-60-42(48-36)35-24-39(33-19-20-38(58-4)29(3)40(33)47-35)59-32-23-37-41(53)49-45(44(55)50-61(56,57)51-21-13-14-22-51)25-30(45)15-9-6-5-7-12-18-34(43(54)52(37)26-32)46-31-16-10-8-11-17-31/h8-11,15-17,19-20,24,27-28,30,32,34,37,46H,5-7,12-14,18,21-23,25-26H2,1-4H3,(H,49,53)(H,50,55)/t30-,32-,34+,37+,45-/m1/s1. The van der Waals surface area contributed by atoms with Gasteiger partial charge in [-0.3, -0.25) is 14.4 Å². The van der Waals surface area contributed by atoms with Crippen LogP contribution in [0.2, 0.25) is 0 Å². The number of fused-ring (bicyclic) bond motifs is 3. The minimum Gasteiger partial charge on any atom is -0.496 e. The number of methoxy groups -OCH3 is 1. The Morgan fingerprint density at radius 3 is 2.54 bits per heavy atom. The topological polar surface area (TPSA) is 172 Å². The number of thiazole rings is 1. The summed E-state index contributed by atoms with van der Waals surface area (Å²) in [5, 5.41) is 9.96. The Hall–Kier alpha value is -5.06. The molecular weight excluding hydrogens is 815 g/mol. The number of amides is 3. The molecule has 3 N–H and O–H groups in total. The predicted molar refractivity (Wildman–Crippen MR) is 236 cm³/mol. The van der Waals surface area contributed by atoms with Crippen LogP contribution in [0.5, 0.6) is 11.5 Å². The van der Waals surface area contributed by atoms with E-state index in [0.717, 1.165) is 53.0 Å². The molecule has 2 aromatic carbocycles. The zero-order valence-corrected chi connectivity index (χ0v) is 36.8. The summed E-state index contributed by atoms with van der Waals surface area (Å²) in [6, 6.07) is 13.5. The van der Waals surface area contributed by atoms with Gasteiger partial charge in [0.2, 0.25) is 11.8 Å². The van der Waals surface area contributed by atoms with Crippen LogP contribution < -0.4 is 24.8 Å². The van der Waals surface area contributed by atoms with E-state index in [9.17, 15) is 22.8 Å². The van der Waals surface area contributed by atoms with Gasteiger partial charge < -0.3 is 25.0 Å². The molecule has 3 fully saturated rings. The Balaban J connectivity index is 1.14. The van der Waals surface area contributed by atoms with E-state index in [1.807, 2.05) is 73.0 Å². The average Bonchev–Trinajstić information content (AvgIpc) is 3.75. The number of carbonyl (C=O) groups is 3. The van der Waals surface area contributed by atoms with Crippen molar-refractivity contribution < 1.29 is 32.3 Å². The number of rotatable bonds is 10. The predicted octanol–water partition coefficient (Wildman–Crippen LogP) is 6.48. The number of aromatic nitrogens is 2. The first-order valence-corrected chi connectivity index (χ1v) is 23.7. The van der Waals surface area contributed by atoms with Gasteiger partial charge in [0, 0.05) is 53.5 Å². The van der Waals surface area contributed by atoms with Gasteiger partial charge in [0.1, 0.15) is 45.9 Å². The number of benzene rings is 2. The van der Waals surface area contributed by atoms with E-state index in [0.29, 0.717) is 55.1 Å². The van der Waals surface area contributed by atoms with Crippen LogP contribution in [0.3, 0.4) is 0 Å². The molecule has 0 unspecified atom stereocenters. The fourth-order valence-electron chi connectivity index (χ4n) is 8.76. The summed E-state index contributed by atoms with van der Waals surface area (Å²) in [5.41, 5.74) is 2.41. The molecule has 8 rings (SSSR count). The highest BCUT2D eigenvalue weighted by molar-refractivity contribution is 7.87. The highest BCUT2D eigenvalue weighted by atomic mass is 32.2. The lowest BCUT2D eigenvalue weighted by Gasteiger charge is -2.30. The van der Waals surface area contributed by atoms with E-state index < -0.39 is 51.7 Å². The van der Waals surface area contributed by atoms with Crippen molar-refractivity contribution in [2.24, 2.45) is 5.92 Å². The van der Waals surface area contributed by atoms with Crippen LogP contribution in [-0.2, 0) is 24.6 Å². The highest BCUT2D eigenvalue weighted by Gasteiger charge is 2.62. The second-order valence-electron chi connectivity index (χ2n) is 17.0. The van der Waals surface area contributed by atoms with E-state index in [4.69, 9.17) is 19.4 Å². The summed E-state index contributed by atoms with van der Waals surface area (Å²) in [5.74, 6) is -0.541. The highest BCUT2D eigenvalue weighted by Crippen LogP contribution is 2.46. The second-order valence-corrected chi connectivity index (χ2v) is 19.5. The van der Waals surface area contributed by atoms with Crippen molar-refractivity contribution in [3.8, 4) is 22.2 Å². The Morgan fingerprint density at radius 2 is 1.80 bits per heavy atom. The molecule has 4 aliphatic rings. The minimum absolute atomic E-state index is 0.0960. The molecule has 3 aliphatic heterocycles. The monoisotopic (exact) mass is 869 g/mol. The van der Waals surface area contributed by atoms with Gasteiger partial charge in [0.15, 0.2) is 0 Å². The van der Waals surface area contributed by atoms with E-state index in [1.54, 1.807) is 12.0 Å². The summed E-state index contributed by atoms with van der Waals surface area (Å²) in [4.78, 5) is 55.2. The van der Waals surface area contributed by atoms with Crippen LogP contribution in [0, 0.1) is 12.8 Å². The largest absolute Gasteiger partial charge is 0.496 e. The number of anilines is 1. The number of allylic oxidation sites excluding steroid dienone is 1. The first-order valence-electron chi connectivity index (χ1n) is 21.4. The molecule has 0 radical (unpaired) electrons. The number of nitrogens with one attached hydrogen (secondary N) is 3. The maximum Gasteiger partial charge on any atom is 0.303 e. The molecule has 61 heavy (non-hydrogen) atoms. The molecule has 5 heterocycles. The van der Waals surface area contributed by atoms with Gasteiger partial charge in [0.05, 0.1) is 24.9 Å². The van der Waals surface area contributed by atoms with Gasteiger partial charge >= 0.3 is 10.2 Å². The van der Waals surface area contributed by atoms with Gasteiger partial charge in [-0.2, -0.15) is 12.7 Å². The Kier molecular flexibility index (Phi) is 12.4. The molecule has 1 aliphatic carbocycles. The summed E-state index contributed by atoms with van der Waals surface area (Å²) >= 11 is 1.51. The molecule has 0 bridgehead atoms. The molecule has 3 amide bonds. The fraction of sp³-hybridized carbons (Fsp3) is 0.489. The Labute approximate surface area is 361 Å². The van der Waals surface area contributed by atoms with Crippen LogP contribution in [0.1, 0.15) is 88.8 Å². The third-order valence-corrected chi connectivity index (χ3v) is 14.8. The molecule has 4 aromatic rings. The molecule has 1 saturated carbocycles. The molecule has 5 atom stereocenters. The second kappa shape index (κ2) is 17.7. The fourth-order valence-corrected chi connectivity index (χ4v) is 11.0. The maximum absolute atomic E-state index is 14.9. The van der Waals surface area contributed by atoms with Crippen molar-refractivity contribution in [3.63, 3.8) is 0 Å². The number of hydrogen-bond acceptors (Lipinski definition) is 11. The van der Waals surface area contributed by atoms with E-state index in [-0.39, 0.29) is 31.2 Å². The number of ether oxygens (including phenoxy) is 2. The minimum atomic E-state index is -4.11. The van der Waals surface area contributed by atoms with Crippen molar-refractivity contribution in [1.82, 2.24) is 29.2 Å². The number of para-hydroxylation sites is 1. The maximum atomic E-state index is 14.9. The molecule has 2 aromatic heterocycles. The lowest BCUT2D eigenvalue weighted by atomic mass is 10.0. The van der Waals surface area contributed by atoms with Crippen LogP contribution in [0.25, 0.3) is 21.6 Å². The Morgan fingerprint density at radius 1 is 1.02 bits per heavy atom. The van der Waals surface area contributed by atoms with E-state index >= 15 is 0 Å². The first kappa shape index (κ1) is 42.6. The van der Waals surface area contributed by atoms with E-state index in [2.05, 4.69) is 29.2 Å². The van der Waals surface area contributed by atoms with E-state index in [1.165, 1.54) is 15.6 Å². The average molecular weight is 870 g/mol. The van der Waals surface area contributed by atoms with Crippen LogP contribution in [0.15, 0.2) is 66.1 Å². The van der Waals surface area contributed by atoms with Crippen LogP contribution in [0.4, 0.5) is 5.69 Å². The van der Waals surface area contributed by atoms with Crippen LogP contribution in [-0.4, -0.2) is 95.8 Å². The lowest BCUT2D eigenvalue weighted by Crippen LogP contribution is -2.58. The van der Waals surface area contributed by atoms with Gasteiger partial charge in [-0.05, 0) is 75.6 Å². The van der Waals surface area contributed by atoms with Crippen molar-refractivity contribution in [3.05, 3.63) is 77.3 Å². The lowest BCUT2D eigenvalue weighted by molar-refractivity contribution is -0.140. The summed E-state index contributed by atoms with van der Waals surface area (Å²) in [7, 11) is -2.50. The SMILES string of the molecule is COc1ccc2c(O[C@@H]3C[C@H]4C(=O)N[C@]5(C(=O)NS(=O)(=O)N6CCCC6)C[C@H]5C=CCCCCC[C@H](Nc5ccccc5)C(=O)N4C3)cc(-c3nc(C(C)C)cs3)nc2c1C. The van der Waals surface area contributed by atoms with Crippen LogP contribution >= 0.6 is 11.3 Å². The Bertz CT molecular complexity index is 2420. The summed E-state index contributed by atoms with van der Waals surface area (Å²) in [6.07, 6.45) is 8.92. The van der Waals surface area contributed by atoms with Gasteiger partial charge in [-0.15, -0.1) is 11.3 Å². The third-order valence-electron chi connectivity index (χ3n) is 12.4. The third kappa shape index (κ3) is 8.98.